The van der Waals surface area contributed by atoms with Crippen molar-refractivity contribution in [3.8, 4) is 11.5 Å². The van der Waals surface area contributed by atoms with Crippen LogP contribution < -0.4 is 19.9 Å². The van der Waals surface area contributed by atoms with Crippen molar-refractivity contribution in [2.24, 2.45) is 0 Å². The Kier molecular flexibility index (Phi) is 5.46. The Balaban J connectivity index is 1.88. The van der Waals surface area contributed by atoms with E-state index >= 15 is 0 Å². The lowest BCUT2D eigenvalue weighted by Crippen LogP contribution is -3.07. The lowest BCUT2D eigenvalue weighted by molar-refractivity contribution is -0.924. The van der Waals surface area contributed by atoms with E-state index in [1.165, 1.54) is 10.5 Å². The smallest absolute Gasteiger partial charge is 0.258 e. The number of hydrogen-bond donors (Lipinski definition) is 2. The van der Waals surface area contributed by atoms with E-state index in [-0.39, 0.29) is 11.6 Å². The number of fused-ring (bicyclic) bond motifs is 1. The van der Waals surface area contributed by atoms with Gasteiger partial charge in [-0.25, -0.2) is 4.98 Å². The van der Waals surface area contributed by atoms with Gasteiger partial charge in [0, 0.05) is 5.56 Å². The minimum Gasteiger partial charge on any atom is -0.493 e. The molecule has 6 heteroatoms. The highest BCUT2D eigenvalue weighted by atomic mass is 16.5. The monoisotopic (exact) mass is 368 g/mol. The summed E-state index contributed by atoms with van der Waals surface area (Å²) in [6.45, 7) is 4.90. The van der Waals surface area contributed by atoms with Crippen LogP contribution in [0.25, 0.3) is 10.9 Å². The molecule has 1 heterocycles. The number of aromatic amines is 1. The molecule has 0 saturated heterocycles. The van der Waals surface area contributed by atoms with Gasteiger partial charge in [0.15, 0.2) is 17.3 Å². The van der Waals surface area contributed by atoms with Crippen molar-refractivity contribution >= 4 is 10.9 Å². The number of benzene rings is 2. The first kappa shape index (κ1) is 18.9. The molecule has 6 nitrogen and oxygen atoms in total. The molecule has 27 heavy (non-hydrogen) atoms. The summed E-state index contributed by atoms with van der Waals surface area (Å²) >= 11 is 0. The first-order valence-electron chi connectivity index (χ1n) is 8.97. The Morgan fingerprint density at radius 3 is 2.52 bits per heavy atom. The maximum atomic E-state index is 12.4. The molecule has 0 saturated carbocycles. The average Bonchev–Trinajstić information content (AvgIpc) is 2.68. The molecule has 0 amide bonds. The van der Waals surface area contributed by atoms with Crippen LogP contribution in [0.4, 0.5) is 0 Å². The minimum atomic E-state index is -0.0995. The number of aryl methyl sites for hydroxylation is 1. The van der Waals surface area contributed by atoms with E-state index in [0.29, 0.717) is 11.2 Å². The van der Waals surface area contributed by atoms with Gasteiger partial charge in [-0.15, -0.1) is 0 Å². The third kappa shape index (κ3) is 3.80. The summed E-state index contributed by atoms with van der Waals surface area (Å²) in [6.07, 6.45) is 0. The summed E-state index contributed by atoms with van der Waals surface area (Å²) in [7, 11) is 5.37. The lowest BCUT2D eigenvalue weighted by Gasteiger charge is -2.22. The fourth-order valence-electron chi connectivity index (χ4n) is 3.21. The Labute approximate surface area is 158 Å². The fourth-order valence-corrected chi connectivity index (χ4v) is 3.21. The van der Waals surface area contributed by atoms with E-state index < -0.39 is 0 Å². The van der Waals surface area contributed by atoms with Gasteiger partial charge in [-0.1, -0.05) is 12.1 Å². The van der Waals surface area contributed by atoms with Crippen molar-refractivity contribution < 1.29 is 14.4 Å². The predicted octanol–water partition coefficient (Wildman–Crippen LogP) is 2.02. The first-order chi connectivity index (χ1) is 12.9. The second-order valence-corrected chi connectivity index (χ2v) is 6.85. The van der Waals surface area contributed by atoms with Gasteiger partial charge < -0.3 is 19.4 Å². The molecule has 2 N–H and O–H groups in total. The number of nitrogens with one attached hydrogen (secondary N) is 2. The van der Waals surface area contributed by atoms with E-state index in [0.717, 1.165) is 29.1 Å². The molecule has 1 unspecified atom stereocenters. The van der Waals surface area contributed by atoms with Crippen molar-refractivity contribution in [2.45, 2.75) is 26.4 Å². The van der Waals surface area contributed by atoms with E-state index in [4.69, 9.17) is 9.47 Å². The van der Waals surface area contributed by atoms with Gasteiger partial charge >= 0.3 is 0 Å². The third-order valence-corrected chi connectivity index (χ3v) is 5.09. The van der Waals surface area contributed by atoms with Gasteiger partial charge in [0.25, 0.3) is 5.56 Å². The maximum absolute atomic E-state index is 12.4. The van der Waals surface area contributed by atoms with E-state index in [2.05, 4.69) is 30.9 Å². The Hall–Kier alpha value is -2.86. The molecule has 0 spiro atoms. The van der Waals surface area contributed by atoms with Gasteiger partial charge in [0.1, 0.15) is 12.6 Å². The molecular weight excluding hydrogens is 342 g/mol. The van der Waals surface area contributed by atoms with Crippen LogP contribution in [-0.2, 0) is 6.54 Å². The summed E-state index contributed by atoms with van der Waals surface area (Å²) < 4.78 is 10.8. The Bertz CT molecular complexity index is 1010. The molecular formula is C21H26N3O3+. The molecule has 3 aromatic rings. The van der Waals surface area contributed by atoms with E-state index in [1.807, 2.05) is 30.3 Å². The highest BCUT2D eigenvalue weighted by Gasteiger charge is 2.21. The second-order valence-electron chi connectivity index (χ2n) is 6.85. The normalized spacial score (nSPS) is 13.4. The van der Waals surface area contributed by atoms with E-state index in [1.54, 1.807) is 20.3 Å². The van der Waals surface area contributed by atoms with Gasteiger partial charge in [0.2, 0.25) is 0 Å². The molecule has 0 bridgehead atoms. The van der Waals surface area contributed by atoms with Crippen LogP contribution in [0.1, 0.15) is 29.9 Å². The molecule has 0 aliphatic rings. The number of quaternary nitrogens is 1. The van der Waals surface area contributed by atoms with Crippen LogP contribution >= 0.6 is 0 Å². The van der Waals surface area contributed by atoms with Crippen LogP contribution in [0.15, 0.2) is 41.2 Å². The highest BCUT2D eigenvalue weighted by molar-refractivity contribution is 5.77. The van der Waals surface area contributed by atoms with Gasteiger partial charge in [-0.2, -0.15) is 0 Å². The molecule has 0 aliphatic carbocycles. The molecule has 2 aromatic carbocycles. The van der Waals surface area contributed by atoms with Crippen LogP contribution in [0.5, 0.6) is 11.5 Å². The summed E-state index contributed by atoms with van der Waals surface area (Å²) in [5.74, 6) is 2.13. The molecule has 2 atom stereocenters. The number of nitrogens with zero attached hydrogens (tertiary/aromatic N) is 1. The molecule has 142 valence electrons. The van der Waals surface area contributed by atoms with E-state index in [9.17, 15) is 4.79 Å². The SMILES string of the molecule is COc1cc(C)c(C[NH+](C)[C@@H](C)c2nc3ccccc3c(=O)[nH]2)cc1OC. The topological polar surface area (TPSA) is 68.7 Å². The van der Waals surface area contributed by atoms with Crippen molar-refractivity contribution in [3.05, 3.63) is 63.7 Å². The molecule has 3 rings (SSSR count). The zero-order valence-electron chi connectivity index (χ0n) is 16.4. The third-order valence-electron chi connectivity index (χ3n) is 5.09. The zero-order chi connectivity index (χ0) is 19.6. The Morgan fingerprint density at radius 1 is 1.15 bits per heavy atom. The Morgan fingerprint density at radius 2 is 1.81 bits per heavy atom. The number of rotatable bonds is 6. The van der Waals surface area contributed by atoms with Crippen LogP contribution in [0, 0.1) is 6.92 Å². The summed E-state index contributed by atoms with van der Waals surface area (Å²) in [4.78, 5) is 21.2. The summed E-state index contributed by atoms with van der Waals surface area (Å²) in [5, 5.41) is 0.613. The molecule has 1 aromatic heterocycles. The fraction of sp³-hybridized carbons (Fsp3) is 0.333. The molecule has 0 aliphatic heterocycles. The molecule has 0 fully saturated rings. The molecule has 0 radical (unpaired) electrons. The van der Waals surface area contributed by atoms with Crippen molar-refractivity contribution in [2.75, 3.05) is 21.3 Å². The first-order valence-corrected chi connectivity index (χ1v) is 8.97. The van der Waals surface area contributed by atoms with Gasteiger partial charge in [0.05, 0.1) is 32.2 Å². The van der Waals surface area contributed by atoms with Crippen LogP contribution in [-0.4, -0.2) is 31.2 Å². The number of para-hydroxylation sites is 1. The summed E-state index contributed by atoms with van der Waals surface area (Å²) in [5.41, 5.74) is 2.93. The number of methoxy groups -OCH3 is 2. The maximum Gasteiger partial charge on any atom is 0.258 e. The predicted molar refractivity (Wildman–Crippen MR) is 106 cm³/mol. The quantitative estimate of drug-likeness (QED) is 0.699. The van der Waals surface area contributed by atoms with Crippen molar-refractivity contribution in [3.63, 3.8) is 0 Å². The van der Waals surface area contributed by atoms with Gasteiger partial charge in [-0.05, 0) is 43.7 Å². The lowest BCUT2D eigenvalue weighted by atomic mass is 10.1. The number of ether oxygens (including phenoxy) is 2. The average molecular weight is 368 g/mol. The van der Waals surface area contributed by atoms with Gasteiger partial charge in [-0.3, -0.25) is 4.79 Å². The zero-order valence-corrected chi connectivity index (χ0v) is 16.4. The number of H-pyrrole nitrogens is 1. The van der Waals surface area contributed by atoms with Crippen LogP contribution in [0.3, 0.4) is 0 Å². The van der Waals surface area contributed by atoms with Crippen molar-refractivity contribution in [1.29, 1.82) is 0 Å². The number of aromatic nitrogens is 2. The second kappa shape index (κ2) is 7.80. The standard InChI is InChI=1S/C21H25N3O3/c1-13-10-18(26-4)19(27-5)11-15(13)12-24(3)14(2)20-22-17-9-7-6-8-16(17)21(25)23-20/h6-11,14H,12H2,1-5H3,(H,22,23,25)/p+1/t14-/m0/s1. The van der Waals surface area contributed by atoms with Crippen LogP contribution in [0.2, 0.25) is 0 Å². The highest BCUT2D eigenvalue weighted by Crippen LogP contribution is 2.30. The largest absolute Gasteiger partial charge is 0.493 e. The van der Waals surface area contributed by atoms with Crippen molar-refractivity contribution in [1.82, 2.24) is 9.97 Å². The number of hydrogen-bond acceptors (Lipinski definition) is 4. The summed E-state index contributed by atoms with van der Waals surface area (Å²) in [6, 6.07) is 11.4. The minimum absolute atomic E-state index is 0.0230.